The SMILES string of the molecule is COc1ccc(C(=O)OCC[N+](C)(C)Cc2ccccc2)cc1.O=[N+]([O-])c1cccc(S(=O)(=O)O)c1. The number of non-ortho nitro benzene ring substituents is 1. The average molecular weight is 518 g/mol. The maximum atomic E-state index is 12.0. The summed E-state index contributed by atoms with van der Waals surface area (Å²) < 4.78 is 40.8. The highest BCUT2D eigenvalue weighted by Crippen LogP contribution is 2.16. The number of rotatable bonds is 9. The third-order valence-electron chi connectivity index (χ3n) is 5.04. The highest BCUT2D eigenvalue weighted by atomic mass is 32.2. The van der Waals surface area contributed by atoms with E-state index < -0.39 is 19.9 Å². The molecule has 0 radical (unpaired) electrons. The van der Waals surface area contributed by atoms with Crippen LogP contribution in [0.15, 0.2) is 83.8 Å². The minimum Gasteiger partial charge on any atom is -0.497 e. The number of carbonyl (C=O) groups is 1. The summed E-state index contributed by atoms with van der Waals surface area (Å²) in [5, 5.41) is 10.2. The van der Waals surface area contributed by atoms with Crippen LogP contribution in [-0.2, 0) is 21.4 Å². The molecule has 11 heteroatoms. The zero-order valence-electron chi connectivity index (χ0n) is 20.2. The molecule has 0 saturated carbocycles. The van der Waals surface area contributed by atoms with Crippen LogP contribution in [0.4, 0.5) is 5.69 Å². The second kappa shape index (κ2) is 12.8. The fourth-order valence-electron chi connectivity index (χ4n) is 3.11. The Morgan fingerprint density at radius 2 is 1.64 bits per heavy atom. The predicted molar refractivity (Wildman–Crippen MR) is 133 cm³/mol. The van der Waals surface area contributed by atoms with E-state index in [0.29, 0.717) is 12.2 Å². The van der Waals surface area contributed by atoms with Crippen molar-refractivity contribution in [1.29, 1.82) is 0 Å². The van der Waals surface area contributed by atoms with E-state index in [2.05, 4.69) is 26.2 Å². The molecule has 1 N–H and O–H groups in total. The number of methoxy groups -OCH3 is 1. The molecule has 10 nitrogen and oxygen atoms in total. The monoisotopic (exact) mass is 517 g/mol. The Morgan fingerprint density at radius 3 is 2.19 bits per heavy atom. The van der Waals surface area contributed by atoms with Gasteiger partial charge in [-0.2, -0.15) is 8.42 Å². The molecular formula is C25H29N2O8S+. The maximum absolute atomic E-state index is 12.0. The Bertz CT molecular complexity index is 1260. The molecule has 36 heavy (non-hydrogen) atoms. The van der Waals surface area contributed by atoms with Gasteiger partial charge in [-0.1, -0.05) is 36.4 Å². The summed E-state index contributed by atoms with van der Waals surface area (Å²) >= 11 is 0. The van der Waals surface area contributed by atoms with E-state index in [1.165, 1.54) is 11.6 Å². The summed E-state index contributed by atoms with van der Waals surface area (Å²) in [4.78, 5) is 21.0. The molecule has 0 heterocycles. The molecule has 0 saturated heterocycles. The van der Waals surface area contributed by atoms with Crippen LogP contribution in [0.25, 0.3) is 0 Å². The first-order valence-electron chi connectivity index (χ1n) is 10.8. The van der Waals surface area contributed by atoms with E-state index in [9.17, 15) is 23.3 Å². The lowest BCUT2D eigenvalue weighted by Crippen LogP contribution is -2.41. The molecule has 0 amide bonds. The van der Waals surface area contributed by atoms with Crippen LogP contribution in [-0.4, -0.2) is 62.7 Å². The van der Waals surface area contributed by atoms with Crippen LogP contribution >= 0.6 is 0 Å². The fourth-order valence-corrected chi connectivity index (χ4v) is 3.63. The topological polar surface area (TPSA) is 133 Å². The van der Waals surface area contributed by atoms with Gasteiger partial charge < -0.3 is 14.0 Å². The molecule has 3 rings (SSSR count). The van der Waals surface area contributed by atoms with Gasteiger partial charge in [0.2, 0.25) is 0 Å². The summed E-state index contributed by atoms with van der Waals surface area (Å²) in [6.45, 7) is 2.06. The van der Waals surface area contributed by atoms with Crippen LogP contribution in [0.2, 0.25) is 0 Å². The van der Waals surface area contributed by atoms with Gasteiger partial charge in [0.1, 0.15) is 30.3 Å². The predicted octanol–water partition coefficient (Wildman–Crippen LogP) is 3.97. The molecule has 3 aromatic carbocycles. The molecule has 0 aromatic heterocycles. The van der Waals surface area contributed by atoms with E-state index in [1.54, 1.807) is 31.4 Å². The van der Waals surface area contributed by atoms with E-state index in [1.807, 2.05) is 18.2 Å². The van der Waals surface area contributed by atoms with Crippen LogP contribution in [0.1, 0.15) is 15.9 Å². The summed E-state index contributed by atoms with van der Waals surface area (Å²) in [6, 6.07) is 21.4. The number of benzene rings is 3. The maximum Gasteiger partial charge on any atom is 0.338 e. The first-order valence-corrected chi connectivity index (χ1v) is 12.2. The van der Waals surface area contributed by atoms with Gasteiger partial charge in [-0.05, 0) is 30.3 Å². The van der Waals surface area contributed by atoms with Gasteiger partial charge in [-0.25, -0.2) is 4.79 Å². The molecule has 0 aliphatic carbocycles. The summed E-state index contributed by atoms with van der Waals surface area (Å²) in [7, 11) is 1.50. The number of ether oxygens (including phenoxy) is 2. The highest BCUT2D eigenvalue weighted by Gasteiger charge is 2.17. The number of nitro groups is 1. The lowest BCUT2D eigenvalue weighted by Gasteiger charge is -2.29. The molecule has 0 aliphatic heterocycles. The Hall–Kier alpha value is -3.80. The van der Waals surface area contributed by atoms with Gasteiger partial charge >= 0.3 is 5.97 Å². The van der Waals surface area contributed by atoms with Crippen molar-refractivity contribution in [2.24, 2.45) is 0 Å². The molecule has 0 bridgehead atoms. The van der Waals surface area contributed by atoms with E-state index in [-0.39, 0.29) is 11.7 Å². The second-order valence-electron chi connectivity index (χ2n) is 8.40. The molecule has 3 aromatic rings. The zero-order valence-corrected chi connectivity index (χ0v) is 21.1. The smallest absolute Gasteiger partial charge is 0.338 e. The number of esters is 1. The molecule has 192 valence electrons. The number of quaternary nitrogens is 1. The summed E-state index contributed by atoms with van der Waals surface area (Å²) in [6.07, 6.45) is 0. The first-order chi connectivity index (χ1) is 16.9. The van der Waals surface area contributed by atoms with Gasteiger partial charge in [0.05, 0.1) is 31.7 Å². The standard InChI is InChI=1S/C19H24NO3.C6H5NO5S/c1-20(2,15-16-7-5-4-6-8-16)13-14-23-19(21)17-9-11-18(22-3)12-10-17;8-7(9)5-2-1-3-6(4-5)13(10,11)12/h4-12H,13-15H2,1-3H3;1-4H,(H,10,11,12)/q+1;. The average Bonchev–Trinajstić information content (AvgIpc) is 2.84. The zero-order chi connectivity index (χ0) is 26.8. The van der Waals surface area contributed by atoms with Gasteiger partial charge in [0.15, 0.2) is 0 Å². The van der Waals surface area contributed by atoms with Crippen molar-refractivity contribution in [1.82, 2.24) is 0 Å². The van der Waals surface area contributed by atoms with Crippen molar-refractivity contribution in [3.63, 3.8) is 0 Å². The van der Waals surface area contributed by atoms with Crippen molar-refractivity contribution in [3.8, 4) is 5.75 Å². The van der Waals surface area contributed by atoms with Crippen LogP contribution in [0.3, 0.4) is 0 Å². The van der Waals surface area contributed by atoms with Crippen molar-refractivity contribution < 1.29 is 36.6 Å². The number of nitrogens with zero attached hydrogens (tertiary/aromatic N) is 2. The Labute approximate surface area is 210 Å². The van der Waals surface area contributed by atoms with E-state index >= 15 is 0 Å². The Balaban J connectivity index is 0.000000297. The molecule has 0 aliphatic rings. The van der Waals surface area contributed by atoms with Gasteiger partial charge in [0.25, 0.3) is 15.8 Å². The normalized spacial score (nSPS) is 11.1. The largest absolute Gasteiger partial charge is 0.497 e. The first kappa shape index (κ1) is 28.4. The summed E-state index contributed by atoms with van der Waals surface area (Å²) in [5.41, 5.74) is 1.44. The molecular weight excluding hydrogens is 488 g/mol. The number of hydrogen-bond donors (Lipinski definition) is 1. The van der Waals surface area contributed by atoms with Gasteiger partial charge in [0, 0.05) is 17.7 Å². The number of likely N-dealkylation sites (N-methyl/N-ethyl adjacent to an activating group) is 1. The Morgan fingerprint density at radius 1 is 1.00 bits per heavy atom. The third kappa shape index (κ3) is 9.45. The van der Waals surface area contributed by atoms with Crippen LogP contribution in [0.5, 0.6) is 5.75 Å². The van der Waals surface area contributed by atoms with Crippen LogP contribution < -0.4 is 4.74 Å². The number of hydrogen-bond acceptors (Lipinski definition) is 7. The minimum atomic E-state index is -4.36. The quantitative estimate of drug-likeness (QED) is 0.148. The molecule has 0 unspecified atom stereocenters. The lowest BCUT2D eigenvalue weighted by atomic mass is 10.2. The van der Waals surface area contributed by atoms with Crippen molar-refractivity contribution >= 4 is 21.8 Å². The fraction of sp³-hybridized carbons (Fsp3) is 0.240. The van der Waals surface area contributed by atoms with Crippen molar-refractivity contribution in [2.45, 2.75) is 11.4 Å². The molecule has 0 atom stereocenters. The molecule has 0 spiro atoms. The van der Waals surface area contributed by atoms with Crippen molar-refractivity contribution in [2.75, 3.05) is 34.4 Å². The van der Waals surface area contributed by atoms with Crippen molar-refractivity contribution in [3.05, 3.63) is 100 Å². The van der Waals surface area contributed by atoms with Crippen LogP contribution in [0, 0.1) is 10.1 Å². The summed E-state index contributed by atoms with van der Waals surface area (Å²) in [5.74, 6) is 0.426. The third-order valence-corrected chi connectivity index (χ3v) is 5.88. The molecule has 0 fully saturated rings. The lowest BCUT2D eigenvalue weighted by molar-refractivity contribution is -0.903. The van der Waals surface area contributed by atoms with E-state index in [4.69, 9.17) is 14.0 Å². The Kier molecular flexibility index (Phi) is 10.1. The van der Waals surface area contributed by atoms with Gasteiger partial charge in [-0.3, -0.25) is 14.7 Å². The number of carbonyl (C=O) groups excluding carboxylic acids is 1. The van der Waals surface area contributed by atoms with E-state index in [0.717, 1.165) is 41.5 Å². The van der Waals surface area contributed by atoms with Gasteiger partial charge in [-0.15, -0.1) is 0 Å². The minimum absolute atomic E-state index is 0.299. The number of nitro benzene ring substituents is 1. The highest BCUT2D eigenvalue weighted by molar-refractivity contribution is 7.85. The second-order valence-corrected chi connectivity index (χ2v) is 9.82.